The molecule has 3 rings (SSSR count). The van der Waals surface area contributed by atoms with Crippen molar-refractivity contribution in [1.29, 1.82) is 0 Å². The van der Waals surface area contributed by atoms with Gasteiger partial charge in [0.05, 0.1) is 18.2 Å². The number of aryl methyl sites for hydroxylation is 2. The van der Waals surface area contributed by atoms with Crippen molar-refractivity contribution < 1.29 is 4.79 Å². The molecule has 0 aliphatic carbocycles. The highest BCUT2D eigenvalue weighted by atomic mass is 16.1. The first kappa shape index (κ1) is 18.8. The number of rotatable bonds is 8. The van der Waals surface area contributed by atoms with Crippen LogP contribution in [-0.4, -0.2) is 31.8 Å². The van der Waals surface area contributed by atoms with Crippen molar-refractivity contribution in [1.82, 2.24) is 24.6 Å². The van der Waals surface area contributed by atoms with Crippen molar-refractivity contribution in [2.45, 2.75) is 46.1 Å². The highest BCUT2D eigenvalue weighted by Crippen LogP contribution is 2.14. The van der Waals surface area contributed by atoms with E-state index in [0.29, 0.717) is 24.1 Å². The van der Waals surface area contributed by atoms with Gasteiger partial charge >= 0.3 is 0 Å². The Kier molecular flexibility index (Phi) is 6.01. The summed E-state index contributed by atoms with van der Waals surface area (Å²) in [4.78, 5) is 29.0. The van der Waals surface area contributed by atoms with Crippen LogP contribution in [0.15, 0.2) is 41.6 Å². The van der Waals surface area contributed by atoms with E-state index in [1.165, 1.54) is 17.1 Å². The van der Waals surface area contributed by atoms with Gasteiger partial charge in [0.1, 0.15) is 5.39 Å². The molecule has 2 heterocycles. The summed E-state index contributed by atoms with van der Waals surface area (Å²) in [6, 6.07) is 7.86. The molecule has 0 aliphatic heterocycles. The largest absolute Gasteiger partial charge is 0.356 e. The molecule has 2 aromatic heterocycles. The Hall–Kier alpha value is -2.96. The van der Waals surface area contributed by atoms with Crippen LogP contribution in [0, 0.1) is 6.92 Å². The van der Waals surface area contributed by atoms with Crippen LogP contribution in [0.3, 0.4) is 0 Å². The molecule has 27 heavy (non-hydrogen) atoms. The summed E-state index contributed by atoms with van der Waals surface area (Å²) >= 11 is 0. The first-order valence-electron chi connectivity index (χ1n) is 9.37. The number of amides is 1. The van der Waals surface area contributed by atoms with Crippen LogP contribution in [0.2, 0.25) is 0 Å². The molecular formula is C20H25N5O2. The second-order valence-corrected chi connectivity index (χ2v) is 6.68. The SMILES string of the molecule is CCCCCNC(=O)CCn1cnc2c(cnn2-c2ccc(C)cc2)c1=O. The van der Waals surface area contributed by atoms with Crippen molar-refractivity contribution >= 4 is 16.9 Å². The predicted molar refractivity (Wildman–Crippen MR) is 105 cm³/mol. The maximum Gasteiger partial charge on any atom is 0.264 e. The molecule has 142 valence electrons. The van der Waals surface area contributed by atoms with Crippen molar-refractivity contribution in [3.8, 4) is 5.69 Å². The molecule has 0 spiro atoms. The van der Waals surface area contributed by atoms with Crippen LogP contribution in [0.5, 0.6) is 0 Å². The number of fused-ring (bicyclic) bond motifs is 1. The second-order valence-electron chi connectivity index (χ2n) is 6.68. The first-order valence-corrected chi connectivity index (χ1v) is 9.37. The molecular weight excluding hydrogens is 342 g/mol. The summed E-state index contributed by atoms with van der Waals surface area (Å²) in [7, 11) is 0. The third-order valence-electron chi connectivity index (χ3n) is 4.52. The Morgan fingerprint density at radius 3 is 2.70 bits per heavy atom. The molecule has 7 heteroatoms. The smallest absolute Gasteiger partial charge is 0.264 e. The summed E-state index contributed by atoms with van der Waals surface area (Å²) in [6.45, 7) is 5.12. The van der Waals surface area contributed by atoms with E-state index in [1.54, 1.807) is 4.68 Å². The van der Waals surface area contributed by atoms with E-state index >= 15 is 0 Å². The first-order chi connectivity index (χ1) is 13.1. The third-order valence-corrected chi connectivity index (χ3v) is 4.52. The van der Waals surface area contributed by atoms with E-state index in [0.717, 1.165) is 30.5 Å². The van der Waals surface area contributed by atoms with E-state index in [1.807, 2.05) is 31.2 Å². The third kappa shape index (κ3) is 4.42. The van der Waals surface area contributed by atoms with E-state index in [-0.39, 0.29) is 17.9 Å². The molecule has 0 bridgehead atoms. The Morgan fingerprint density at radius 1 is 1.19 bits per heavy atom. The molecule has 0 saturated heterocycles. The molecule has 1 N–H and O–H groups in total. The number of hydrogen-bond acceptors (Lipinski definition) is 4. The van der Waals surface area contributed by atoms with Gasteiger partial charge in [-0.1, -0.05) is 37.5 Å². The number of nitrogens with zero attached hydrogens (tertiary/aromatic N) is 4. The standard InChI is InChI=1S/C20H25N5O2/c1-3-4-5-11-21-18(26)10-12-24-14-22-19-17(20(24)27)13-23-25(19)16-8-6-15(2)7-9-16/h6-9,13-14H,3-5,10-12H2,1-2H3,(H,21,26). The topological polar surface area (TPSA) is 81.8 Å². The number of benzene rings is 1. The number of carbonyl (C=O) groups is 1. The minimum absolute atomic E-state index is 0.0477. The molecule has 3 aromatic rings. The normalized spacial score (nSPS) is 11.0. The van der Waals surface area contributed by atoms with Crippen LogP contribution in [-0.2, 0) is 11.3 Å². The van der Waals surface area contributed by atoms with Gasteiger partial charge in [0.2, 0.25) is 5.91 Å². The fourth-order valence-corrected chi connectivity index (χ4v) is 2.90. The zero-order chi connectivity index (χ0) is 19.2. The Bertz CT molecular complexity index is 972. The van der Waals surface area contributed by atoms with E-state index < -0.39 is 0 Å². The number of nitrogens with one attached hydrogen (secondary N) is 1. The Balaban J connectivity index is 1.72. The minimum atomic E-state index is -0.183. The maximum absolute atomic E-state index is 12.7. The minimum Gasteiger partial charge on any atom is -0.356 e. The zero-order valence-corrected chi connectivity index (χ0v) is 15.8. The number of carbonyl (C=O) groups excluding carboxylic acids is 1. The lowest BCUT2D eigenvalue weighted by molar-refractivity contribution is -0.121. The number of unbranched alkanes of at least 4 members (excludes halogenated alkanes) is 2. The van der Waals surface area contributed by atoms with E-state index in [4.69, 9.17) is 0 Å². The fraction of sp³-hybridized carbons (Fsp3) is 0.400. The lowest BCUT2D eigenvalue weighted by atomic mass is 10.2. The fourth-order valence-electron chi connectivity index (χ4n) is 2.90. The molecule has 0 atom stereocenters. The molecule has 1 amide bonds. The molecule has 7 nitrogen and oxygen atoms in total. The van der Waals surface area contributed by atoms with Crippen molar-refractivity contribution in [2.75, 3.05) is 6.54 Å². The average molecular weight is 367 g/mol. The van der Waals surface area contributed by atoms with Crippen molar-refractivity contribution in [3.05, 3.63) is 52.7 Å². The van der Waals surface area contributed by atoms with Gasteiger partial charge in [0.15, 0.2) is 5.65 Å². The monoisotopic (exact) mass is 367 g/mol. The number of aromatic nitrogens is 4. The predicted octanol–water partition coefficient (Wildman–Crippen LogP) is 2.59. The average Bonchev–Trinajstić information content (AvgIpc) is 3.10. The quantitative estimate of drug-likeness (QED) is 0.621. The summed E-state index contributed by atoms with van der Waals surface area (Å²) in [6.07, 6.45) is 6.48. The van der Waals surface area contributed by atoms with Gasteiger partial charge in [-0.2, -0.15) is 5.10 Å². The lowest BCUT2D eigenvalue weighted by Gasteiger charge is -2.07. The van der Waals surface area contributed by atoms with Crippen LogP contribution in [0.25, 0.3) is 16.7 Å². The van der Waals surface area contributed by atoms with Gasteiger partial charge in [-0.15, -0.1) is 0 Å². The molecule has 0 fully saturated rings. The van der Waals surface area contributed by atoms with Crippen LogP contribution in [0.1, 0.15) is 38.2 Å². The van der Waals surface area contributed by atoms with Gasteiger partial charge in [-0.3, -0.25) is 14.2 Å². The molecule has 0 radical (unpaired) electrons. The van der Waals surface area contributed by atoms with Crippen LogP contribution < -0.4 is 10.9 Å². The highest BCUT2D eigenvalue weighted by Gasteiger charge is 2.12. The Morgan fingerprint density at radius 2 is 1.96 bits per heavy atom. The zero-order valence-electron chi connectivity index (χ0n) is 15.8. The Labute approximate surface area is 158 Å². The van der Waals surface area contributed by atoms with Crippen LogP contribution >= 0.6 is 0 Å². The lowest BCUT2D eigenvalue weighted by Crippen LogP contribution is -2.28. The molecule has 0 aliphatic rings. The van der Waals surface area contributed by atoms with E-state index in [2.05, 4.69) is 22.3 Å². The molecule has 0 saturated carbocycles. The summed E-state index contributed by atoms with van der Waals surface area (Å²) < 4.78 is 3.12. The second kappa shape index (κ2) is 8.62. The molecule has 1 aromatic carbocycles. The van der Waals surface area contributed by atoms with Gasteiger partial charge in [0.25, 0.3) is 5.56 Å². The highest BCUT2D eigenvalue weighted by molar-refractivity contribution is 5.76. The van der Waals surface area contributed by atoms with Crippen molar-refractivity contribution in [2.24, 2.45) is 0 Å². The van der Waals surface area contributed by atoms with Gasteiger partial charge in [-0.25, -0.2) is 9.67 Å². The molecule has 0 unspecified atom stereocenters. The summed E-state index contributed by atoms with van der Waals surface area (Å²) in [5, 5.41) is 7.64. The van der Waals surface area contributed by atoms with Gasteiger partial charge < -0.3 is 5.32 Å². The van der Waals surface area contributed by atoms with Crippen LogP contribution in [0.4, 0.5) is 0 Å². The summed E-state index contributed by atoms with van der Waals surface area (Å²) in [5.74, 6) is -0.0477. The van der Waals surface area contributed by atoms with Gasteiger partial charge in [-0.05, 0) is 25.5 Å². The van der Waals surface area contributed by atoms with Gasteiger partial charge in [0, 0.05) is 19.5 Å². The summed E-state index contributed by atoms with van der Waals surface area (Å²) in [5.41, 5.74) is 2.34. The van der Waals surface area contributed by atoms with Crippen molar-refractivity contribution in [3.63, 3.8) is 0 Å². The maximum atomic E-state index is 12.7. The number of hydrogen-bond donors (Lipinski definition) is 1. The van der Waals surface area contributed by atoms with E-state index in [9.17, 15) is 9.59 Å².